The van der Waals surface area contributed by atoms with E-state index in [2.05, 4.69) is 85.7 Å². The first-order chi connectivity index (χ1) is 21.1. The van der Waals surface area contributed by atoms with Crippen LogP contribution < -0.4 is 0 Å². The number of fused-ring (bicyclic) bond motifs is 1. The van der Waals surface area contributed by atoms with Crippen LogP contribution in [-0.4, -0.2) is 34.3 Å². The molecular formula is C38H53N3O3S. The molecule has 1 aromatic heterocycles. The Hall–Kier alpha value is -3.19. The highest BCUT2D eigenvalue weighted by atomic mass is 32.2. The van der Waals surface area contributed by atoms with Crippen molar-refractivity contribution in [2.75, 3.05) is 5.75 Å². The molecule has 0 saturated heterocycles. The molecule has 0 spiro atoms. The van der Waals surface area contributed by atoms with Crippen molar-refractivity contribution in [3.63, 3.8) is 0 Å². The molecule has 0 aliphatic carbocycles. The summed E-state index contributed by atoms with van der Waals surface area (Å²) < 4.78 is 26.4. The Morgan fingerprint density at radius 3 is 2.04 bits per heavy atom. The average molecular weight is 632 g/mol. The summed E-state index contributed by atoms with van der Waals surface area (Å²) >= 11 is 0. The van der Waals surface area contributed by atoms with Gasteiger partial charge in [0.2, 0.25) is 0 Å². The van der Waals surface area contributed by atoms with E-state index in [0.29, 0.717) is 29.1 Å². The van der Waals surface area contributed by atoms with Crippen LogP contribution in [0, 0.1) is 5.41 Å². The summed E-state index contributed by atoms with van der Waals surface area (Å²) in [6.07, 6.45) is 8.41. The van der Waals surface area contributed by atoms with E-state index >= 15 is 0 Å². The Bertz CT molecular complexity index is 1690. The van der Waals surface area contributed by atoms with E-state index in [0.717, 1.165) is 42.4 Å². The summed E-state index contributed by atoms with van der Waals surface area (Å²) in [6.45, 7) is 17.7. The zero-order valence-corrected chi connectivity index (χ0v) is 29.5. The monoisotopic (exact) mass is 631 g/mol. The molecule has 244 valence electrons. The third kappa shape index (κ3) is 8.75. The summed E-state index contributed by atoms with van der Waals surface area (Å²) in [6, 6.07) is 17.4. The molecule has 7 heteroatoms. The quantitative estimate of drug-likeness (QED) is 0.140. The Labute approximate surface area is 271 Å². The molecule has 0 fully saturated rings. The normalized spacial score (nSPS) is 12.8. The van der Waals surface area contributed by atoms with Crippen molar-refractivity contribution in [2.45, 2.75) is 123 Å². The molecule has 0 unspecified atom stereocenters. The lowest BCUT2D eigenvalue weighted by atomic mass is 9.71. The maximum absolute atomic E-state index is 13.2. The number of rotatable bonds is 14. The third-order valence-corrected chi connectivity index (χ3v) is 10.5. The number of aromatic nitrogens is 3. The van der Waals surface area contributed by atoms with Gasteiger partial charge in [0, 0.05) is 5.56 Å². The first kappa shape index (κ1) is 34.7. The van der Waals surface area contributed by atoms with Gasteiger partial charge in [-0.25, -0.2) is 8.42 Å². The highest BCUT2D eigenvalue weighted by Crippen LogP contribution is 2.43. The van der Waals surface area contributed by atoms with Crippen molar-refractivity contribution in [1.29, 1.82) is 0 Å². The zero-order valence-electron chi connectivity index (χ0n) is 28.7. The second kappa shape index (κ2) is 14.1. The van der Waals surface area contributed by atoms with Crippen molar-refractivity contribution in [1.82, 2.24) is 15.0 Å². The number of phenolic OH excluding ortho intramolecular Hbond substituents is 1. The average Bonchev–Trinajstić information content (AvgIpc) is 3.39. The van der Waals surface area contributed by atoms with E-state index in [9.17, 15) is 13.5 Å². The maximum Gasteiger partial charge on any atom is 0.178 e. The molecule has 0 aliphatic rings. The number of unbranched alkanes of at least 4 members (excludes halogenated alkanes) is 6. The van der Waals surface area contributed by atoms with Crippen molar-refractivity contribution in [2.24, 2.45) is 5.41 Å². The molecule has 0 amide bonds. The van der Waals surface area contributed by atoms with E-state index in [-0.39, 0.29) is 27.2 Å². The Morgan fingerprint density at radius 1 is 0.800 bits per heavy atom. The Balaban J connectivity index is 1.71. The van der Waals surface area contributed by atoms with E-state index in [1.54, 1.807) is 18.2 Å². The Kier molecular flexibility index (Phi) is 10.8. The topological polar surface area (TPSA) is 85.1 Å². The largest absolute Gasteiger partial charge is 0.505 e. The van der Waals surface area contributed by atoms with E-state index in [1.807, 2.05) is 6.07 Å². The van der Waals surface area contributed by atoms with Gasteiger partial charge >= 0.3 is 0 Å². The molecule has 45 heavy (non-hydrogen) atoms. The second-order valence-corrected chi connectivity index (χ2v) is 17.0. The predicted molar refractivity (Wildman–Crippen MR) is 187 cm³/mol. The van der Waals surface area contributed by atoms with Crippen molar-refractivity contribution in [3.05, 3.63) is 65.7 Å². The van der Waals surface area contributed by atoms with Crippen LogP contribution in [0.25, 0.3) is 27.8 Å². The number of nitrogens with zero attached hydrogens (tertiary/aromatic N) is 3. The van der Waals surface area contributed by atoms with Crippen molar-refractivity contribution >= 4 is 20.9 Å². The van der Waals surface area contributed by atoms with E-state index in [1.165, 1.54) is 29.6 Å². The van der Waals surface area contributed by atoms with Crippen LogP contribution >= 0.6 is 0 Å². The molecule has 0 radical (unpaired) electrons. The van der Waals surface area contributed by atoms with Gasteiger partial charge in [-0.15, -0.1) is 15.0 Å². The number of hydrogen-bond acceptors (Lipinski definition) is 5. The predicted octanol–water partition coefficient (Wildman–Crippen LogP) is 10.2. The van der Waals surface area contributed by atoms with Crippen molar-refractivity contribution < 1.29 is 13.5 Å². The van der Waals surface area contributed by atoms with Gasteiger partial charge < -0.3 is 5.11 Å². The number of hydrogen-bond donors (Lipinski definition) is 1. The van der Waals surface area contributed by atoms with Crippen LogP contribution in [0.5, 0.6) is 5.75 Å². The fourth-order valence-corrected chi connectivity index (χ4v) is 7.81. The number of phenols is 1. The molecule has 1 N–H and O–H groups in total. The zero-order chi connectivity index (χ0) is 33.0. The maximum atomic E-state index is 13.2. The molecule has 0 atom stereocenters. The lowest BCUT2D eigenvalue weighted by Gasteiger charge is -2.33. The first-order valence-electron chi connectivity index (χ1n) is 16.7. The minimum absolute atomic E-state index is 0.0923. The highest BCUT2D eigenvalue weighted by Gasteiger charge is 2.30. The second-order valence-electron chi connectivity index (χ2n) is 14.9. The van der Waals surface area contributed by atoms with Gasteiger partial charge in [-0.3, -0.25) is 0 Å². The van der Waals surface area contributed by atoms with Gasteiger partial charge in [0.1, 0.15) is 16.7 Å². The molecule has 1 heterocycles. The molecule has 6 nitrogen and oxygen atoms in total. The van der Waals surface area contributed by atoms with Gasteiger partial charge in [-0.05, 0) is 76.6 Å². The van der Waals surface area contributed by atoms with Crippen molar-refractivity contribution in [3.8, 4) is 22.6 Å². The molecule has 4 rings (SSSR count). The van der Waals surface area contributed by atoms with Crippen LogP contribution in [0.15, 0.2) is 59.5 Å². The van der Waals surface area contributed by atoms with Crippen LogP contribution in [0.3, 0.4) is 0 Å². The molecule has 0 bridgehead atoms. The molecule has 0 aliphatic heterocycles. The molecule has 0 saturated carbocycles. The number of benzene rings is 3. The minimum Gasteiger partial charge on any atom is -0.505 e. The SMILES string of the molecule is CCCCCCCCCS(=O)(=O)c1ccc2nn(-c3cc(C(C)(C)CC(C)(C)C)cc(-c4ccc(C(C)C)cc4)c3O)nc2c1. The standard InChI is InChI=1S/C38H53N3O3S/c1-9-10-11-12-13-14-15-22-45(43,44)31-20-21-33-34(25-31)40-41(39-33)35-24-30(38(7,8)26-37(4,5)6)23-32(36(35)42)29-18-16-28(17-19-29)27(2)3/h16-21,23-25,27,42H,9-15,22,26H2,1-8H3. The lowest BCUT2D eigenvalue weighted by molar-refractivity contribution is 0.284. The van der Waals surface area contributed by atoms with Gasteiger partial charge in [-0.2, -0.15) is 0 Å². The summed E-state index contributed by atoms with van der Waals surface area (Å²) in [5.74, 6) is 0.630. The van der Waals surface area contributed by atoms with Crippen LogP contribution in [0.4, 0.5) is 0 Å². The van der Waals surface area contributed by atoms with Gasteiger partial charge in [0.25, 0.3) is 0 Å². The Morgan fingerprint density at radius 2 is 1.42 bits per heavy atom. The summed E-state index contributed by atoms with van der Waals surface area (Å²) in [4.78, 5) is 1.72. The van der Waals surface area contributed by atoms with Gasteiger partial charge in [-0.1, -0.05) is 118 Å². The van der Waals surface area contributed by atoms with Crippen LogP contribution in [0.2, 0.25) is 0 Å². The number of sulfone groups is 1. The summed E-state index contributed by atoms with van der Waals surface area (Å²) in [5.41, 5.74) is 5.38. The third-order valence-electron chi connectivity index (χ3n) is 8.67. The fourth-order valence-electron chi connectivity index (χ4n) is 6.42. The number of aromatic hydroxyl groups is 1. The highest BCUT2D eigenvalue weighted by molar-refractivity contribution is 7.91. The van der Waals surface area contributed by atoms with Gasteiger partial charge in [0.15, 0.2) is 15.6 Å². The minimum atomic E-state index is -3.44. The van der Waals surface area contributed by atoms with Crippen LogP contribution in [-0.2, 0) is 15.3 Å². The first-order valence-corrected chi connectivity index (χ1v) is 18.3. The van der Waals surface area contributed by atoms with Crippen LogP contribution in [0.1, 0.15) is 124 Å². The summed E-state index contributed by atoms with van der Waals surface area (Å²) in [7, 11) is -3.44. The molecule has 3 aromatic carbocycles. The fraction of sp³-hybridized carbons (Fsp3) is 0.526. The van der Waals surface area contributed by atoms with E-state index in [4.69, 9.17) is 10.2 Å². The lowest BCUT2D eigenvalue weighted by Crippen LogP contribution is -2.25. The van der Waals surface area contributed by atoms with Gasteiger partial charge in [0.05, 0.1) is 10.6 Å². The molecule has 4 aromatic rings. The van der Waals surface area contributed by atoms with E-state index < -0.39 is 9.84 Å². The molecular weight excluding hydrogens is 579 g/mol. The summed E-state index contributed by atoms with van der Waals surface area (Å²) in [5, 5.41) is 21.1. The smallest absolute Gasteiger partial charge is 0.178 e.